The smallest absolute Gasteiger partial charge is 0.201 e. The molecule has 0 atom stereocenters. The second kappa shape index (κ2) is 7.05. The van der Waals surface area contributed by atoms with E-state index in [0.717, 1.165) is 16.5 Å². The molecule has 0 spiro atoms. The van der Waals surface area contributed by atoms with Crippen molar-refractivity contribution in [2.45, 2.75) is 13.5 Å². The van der Waals surface area contributed by atoms with Gasteiger partial charge in [0.15, 0.2) is 5.84 Å². The fourth-order valence-corrected chi connectivity index (χ4v) is 2.29. The number of amidine groups is 1. The number of fused-ring (bicyclic) bond motifs is 1. The van der Waals surface area contributed by atoms with Gasteiger partial charge < -0.3 is 10.5 Å². The summed E-state index contributed by atoms with van der Waals surface area (Å²) in [6.45, 7) is 2.31. The number of rotatable bonds is 5. The standard InChI is InChI=1S/C15H15ClN6O/c1-8-3-10-9(7-23-2)4-14(16)20-12(10)5-11(8)21-22-13(6-17)15(18)19/h3-5,21H,7H2,1-2H3,(H3,18,19)/b22-13+. The molecule has 1 aromatic carbocycles. The first-order valence-corrected chi connectivity index (χ1v) is 7.01. The lowest BCUT2D eigenvalue weighted by atomic mass is 10.1. The molecule has 0 aliphatic rings. The SMILES string of the molecule is COCc1cc(Cl)nc2cc(N/N=C(\C#N)C(=N)N)c(C)cc12. The molecule has 0 aliphatic carbocycles. The third-order valence-corrected chi connectivity index (χ3v) is 3.35. The van der Waals surface area contributed by atoms with Crippen LogP contribution in [-0.4, -0.2) is 23.6 Å². The van der Waals surface area contributed by atoms with Crippen LogP contribution >= 0.6 is 11.6 Å². The summed E-state index contributed by atoms with van der Waals surface area (Å²) in [6, 6.07) is 7.22. The molecule has 0 bridgehead atoms. The monoisotopic (exact) mass is 330 g/mol. The molecule has 118 valence electrons. The summed E-state index contributed by atoms with van der Waals surface area (Å²) < 4.78 is 5.18. The highest BCUT2D eigenvalue weighted by atomic mass is 35.5. The number of nitrogens with zero attached hydrogens (tertiary/aromatic N) is 3. The van der Waals surface area contributed by atoms with E-state index in [2.05, 4.69) is 15.5 Å². The number of pyridine rings is 1. The van der Waals surface area contributed by atoms with Crippen molar-refractivity contribution in [2.75, 3.05) is 12.5 Å². The number of aryl methyl sites for hydroxylation is 1. The molecule has 0 radical (unpaired) electrons. The summed E-state index contributed by atoms with van der Waals surface area (Å²) in [5.41, 5.74) is 10.9. The molecule has 2 aromatic rings. The van der Waals surface area contributed by atoms with Crippen molar-refractivity contribution in [1.29, 1.82) is 10.7 Å². The lowest BCUT2D eigenvalue weighted by Gasteiger charge is -2.11. The molecule has 7 nitrogen and oxygen atoms in total. The molecule has 0 unspecified atom stereocenters. The zero-order valence-corrected chi connectivity index (χ0v) is 13.4. The molecule has 0 aliphatic heterocycles. The Kier molecular flexibility index (Phi) is 5.11. The number of hydrazone groups is 1. The van der Waals surface area contributed by atoms with E-state index in [0.29, 0.717) is 23.0 Å². The van der Waals surface area contributed by atoms with Gasteiger partial charge in [-0.15, -0.1) is 0 Å². The Hall–Kier alpha value is -2.69. The normalized spacial score (nSPS) is 11.3. The van der Waals surface area contributed by atoms with Crippen molar-refractivity contribution in [2.24, 2.45) is 10.8 Å². The maximum atomic E-state index is 8.86. The number of benzene rings is 1. The van der Waals surface area contributed by atoms with E-state index in [1.54, 1.807) is 25.3 Å². The highest BCUT2D eigenvalue weighted by Crippen LogP contribution is 2.27. The van der Waals surface area contributed by atoms with Crippen LogP contribution in [0.2, 0.25) is 5.15 Å². The second-order valence-corrected chi connectivity index (χ2v) is 5.21. The maximum absolute atomic E-state index is 8.86. The number of halogens is 1. The number of nitrogens with two attached hydrogens (primary N) is 1. The van der Waals surface area contributed by atoms with Crippen molar-refractivity contribution >= 4 is 39.7 Å². The Bertz CT molecular complexity index is 840. The Morgan fingerprint density at radius 3 is 2.87 bits per heavy atom. The van der Waals surface area contributed by atoms with Crippen molar-refractivity contribution in [3.63, 3.8) is 0 Å². The van der Waals surface area contributed by atoms with E-state index in [-0.39, 0.29) is 5.71 Å². The highest BCUT2D eigenvalue weighted by molar-refractivity contribution is 6.45. The van der Waals surface area contributed by atoms with Crippen LogP contribution in [0.5, 0.6) is 0 Å². The van der Waals surface area contributed by atoms with E-state index < -0.39 is 5.84 Å². The number of anilines is 1. The quantitative estimate of drug-likeness (QED) is 0.337. The lowest BCUT2D eigenvalue weighted by molar-refractivity contribution is 0.186. The van der Waals surface area contributed by atoms with Gasteiger partial charge in [0.05, 0.1) is 17.8 Å². The molecule has 0 saturated carbocycles. The van der Waals surface area contributed by atoms with E-state index in [1.807, 2.05) is 13.0 Å². The number of nitriles is 1. The number of aromatic nitrogens is 1. The molecule has 1 aromatic heterocycles. The zero-order valence-electron chi connectivity index (χ0n) is 12.6. The molecule has 8 heteroatoms. The minimum absolute atomic E-state index is 0.191. The molecule has 23 heavy (non-hydrogen) atoms. The summed E-state index contributed by atoms with van der Waals surface area (Å²) in [4.78, 5) is 4.29. The summed E-state index contributed by atoms with van der Waals surface area (Å²) in [5.74, 6) is -0.401. The molecular formula is C15H15ClN6O. The van der Waals surface area contributed by atoms with Gasteiger partial charge in [-0.2, -0.15) is 10.4 Å². The van der Waals surface area contributed by atoms with Gasteiger partial charge in [-0.05, 0) is 36.2 Å². The molecule has 0 amide bonds. The topological polar surface area (TPSA) is 120 Å². The Morgan fingerprint density at radius 2 is 2.26 bits per heavy atom. The average molecular weight is 331 g/mol. The van der Waals surface area contributed by atoms with Crippen LogP contribution in [0.4, 0.5) is 5.69 Å². The number of ether oxygens (including phenoxy) is 1. The fraction of sp³-hybridized carbons (Fsp3) is 0.200. The van der Waals surface area contributed by atoms with Crippen LogP contribution in [0.3, 0.4) is 0 Å². The minimum atomic E-state index is -0.401. The summed E-state index contributed by atoms with van der Waals surface area (Å²) in [7, 11) is 1.61. The van der Waals surface area contributed by atoms with E-state index in [9.17, 15) is 0 Å². The van der Waals surface area contributed by atoms with Crippen molar-refractivity contribution in [3.8, 4) is 6.07 Å². The third kappa shape index (κ3) is 3.74. The predicted octanol–water partition coefficient (Wildman–Crippen LogP) is 2.57. The highest BCUT2D eigenvalue weighted by Gasteiger charge is 2.09. The van der Waals surface area contributed by atoms with Crippen molar-refractivity contribution in [3.05, 3.63) is 34.5 Å². The Labute approximate surface area is 138 Å². The van der Waals surface area contributed by atoms with Crippen LogP contribution < -0.4 is 11.2 Å². The Balaban J connectivity index is 2.50. The van der Waals surface area contributed by atoms with Gasteiger partial charge in [-0.25, -0.2) is 4.98 Å². The summed E-state index contributed by atoms with van der Waals surface area (Å²) >= 11 is 6.04. The third-order valence-electron chi connectivity index (χ3n) is 3.16. The van der Waals surface area contributed by atoms with Gasteiger partial charge in [0, 0.05) is 12.5 Å². The zero-order chi connectivity index (χ0) is 17.0. The average Bonchev–Trinajstić information content (AvgIpc) is 2.49. The molecule has 0 fully saturated rings. The molecule has 0 saturated heterocycles. The van der Waals surface area contributed by atoms with E-state index >= 15 is 0 Å². The van der Waals surface area contributed by atoms with Gasteiger partial charge in [0.25, 0.3) is 0 Å². The molecular weight excluding hydrogens is 316 g/mol. The summed E-state index contributed by atoms with van der Waals surface area (Å²) in [5, 5.41) is 21.2. The first-order valence-electron chi connectivity index (χ1n) is 6.63. The first kappa shape index (κ1) is 16.7. The van der Waals surface area contributed by atoms with Gasteiger partial charge >= 0.3 is 0 Å². The minimum Gasteiger partial charge on any atom is -0.382 e. The number of hydrogen-bond donors (Lipinski definition) is 3. The van der Waals surface area contributed by atoms with Crippen molar-refractivity contribution < 1.29 is 4.74 Å². The predicted molar refractivity (Wildman–Crippen MR) is 90.8 cm³/mol. The van der Waals surface area contributed by atoms with Gasteiger partial charge in [0.2, 0.25) is 5.71 Å². The Morgan fingerprint density at radius 1 is 1.52 bits per heavy atom. The maximum Gasteiger partial charge on any atom is 0.201 e. The lowest BCUT2D eigenvalue weighted by Crippen LogP contribution is -2.21. The molecule has 1 heterocycles. The van der Waals surface area contributed by atoms with Gasteiger partial charge in [0.1, 0.15) is 11.2 Å². The van der Waals surface area contributed by atoms with Crippen LogP contribution in [0.1, 0.15) is 11.1 Å². The van der Waals surface area contributed by atoms with Crippen LogP contribution in [0.15, 0.2) is 23.3 Å². The van der Waals surface area contributed by atoms with Crippen molar-refractivity contribution in [1.82, 2.24) is 4.98 Å². The molecule has 4 N–H and O–H groups in total. The van der Waals surface area contributed by atoms with Gasteiger partial charge in [-0.1, -0.05) is 11.6 Å². The van der Waals surface area contributed by atoms with Gasteiger partial charge in [-0.3, -0.25) is 10.8 Å². The van der Waals surface area contributed by atoms with Crippen LogP contribution in [-0.2, 0) is 11.3 Å². The number of nitrogens with one attached hydrogen (secondary N) is 2. The van der Waals surface area contributed by atoms with E-state index in [4.69, 9.17) is 32.7 Å². The largest absolute Gasteiger partial charge is 0.382 e. The van der Waals surface area contributed by atoms with Crippen LogP contribution in [0, 0.1) is 23.7 Å². The first-order chi connectivity index (χ1) is 11.0. The number of methoxy groups -OCH3 is 1. The molecule has 2 rings (SSSR count). The van der Waals surface area contributed by atoms with Crippen LogP contribution in [0.25, 0.3) is 10.9 Å². The fourth-order valence-electron chi connectivity index (χ4n) is 2.07. The summed E-state index contributed by atoms with van der Waals surface area (Å²) in [6.07, 6.45) is 0. The van der Waals surface area contributed by atoms with E-state index in [1.165, 1.54) is 0 Å². The second-order valence-electron chi connectivity index (χ2n) is 4.82. The number of hydrogen-bond acceptors (Lipinski definition) is 6.